The summed E-state index contributed by atoms with van der Waals surface area (Å²) in [7, 11) is 0. The van der Waals surface area contributed by atoms with Gasteiger partial charge in [0.1, 0.15) is 17.9 Å². The summed E-state index contributed by atoms with van der Waals surface area (Å²) in [5.74, 6) is 0.190. The zero-order valence-corrected chi connectivity index (χ0v) is 14.4. The molecule has 1 N–H and O–H groups in total. The molecule has 5 heteroatoms. The van der Waals surface area contributed by atoms with Crippen LogP contribution in [-0.4, -0.2) is 15.2 Å². The highest BCUT2D eigenvalue weighted by Crippen LogP contribution is 2.27. The van der Waals surface area contributed by atoms with E-state index >= 15 is 0 Å². The van der Waals surface area contributed by atoms with E-state index in [4.69, 9.17) is 4.74 Å². The van der Waals surface area contributed by atoms with E-state index in [2.05, 4.69) is 33.4 Å². The molecule has 0 aliphatic rings. The third kappa shape index (κ3) is 3.42. The Hall–Kier alpha value is -3.21. The molecule has 0 saturated carbocycles. The normalized spacial score (nSPS) is 11.0. The predicted octanol–water partition coefficient (Wildman–Crippen LogP) is 4.58. The highest BCUT2D eigenvalue weighted by atomic mass is 19.1. The van der Waals surface area contributed by atoms with Crippen molar-refractivity contribution in [3.8, 4) is 5.88 Å². The zero-order valence-electron chi connectivity index (χ0n) is 14.4. The van der Waals surface area contributed by atoms with E-state index < -0.39 is 0 Å². The quantitative estimate of drug-likeness (QED) is 0.575. The number of hydrogen-bond donors (Lipinski definition) is 1. The lowest BCUT2D eigenvalue weighted by atomic mass is 10.1. The summed E-state index contributed by atoms with van der Waals surface area (Å²) in [4.78, 5) is 3.31. The Labute approximate surface area is 150 Å². The highest BCUT2D eigenvalue weighted by molar-refractivity contribution is 5.86. The summed E-state index contributed by atoms with van der Waals surface area (Å²) in [6.45, 7) is 2.30. The van der Waals surface area contributed by atoms with Crippen LogP contribution >= 0.6 is 0 Å². The number of rotatable bonds is 5. The average molecular weight is 347 g/mol. The van der Waals surface area contributed by atoms with Gasteiger partial charge in [-0.25, -0.2) is 4.39 Å². The largest absolute Gasteiger partial charge is 0.470 e. The minimum Gasteiger partial charge on any atom is -0.470 e. The molecule has 2 aromatic heterocycles. The molecule has 0 aliphatic heterocycles. The van der Waals surface area contributed by atoms with Crippen LogP contribution in [0.1, 0.15) is 22.5 Å². The van der Waals surface area contributed by atoms with Crippen molar-refractivity contribution >= 4 is 10.9 Å². The number of nitrogens with one attached hydrogen (secondary N) is 1. The minimum absolute atomic E-state index is 0.263. The first kappa shape index (κ1) is 16.3. The molecule has 0 unspecified atom stereocenters. The van der Waals surface area contributed by atoms with E-state index in [0.717, 1.165) is 27.9 Å². The maximum atomic E-state index is 13.0. The van der Waals surface area contributed by atoms with Crippen LogP contribution in [0, 0.1) is 12.7 Å². The number of benzene rings is 2. The van der Waals surface area contributed by atoms with Gasteiger partial charge in [-0.15, -0.1) is 5.10 Å². The molecule has 0 radical (unpaired) electrons. The molecule has 0 aliphatic carbocycles. The number of hydrogen-bond acceptors (Lipinski definition) is 3. The van der Waals surface area contributed by atoms with E-state index in [-0.39, 0.29) is 5.82 Å². The molecule has 4 rings (SSSR count). The van der Waals surface area contributed by atoms with Gasteiger partial charge >= 0.3 is 0 Å². The fraction of sp³-hybridized carbons (Fsp3) is 0.143. The van der Waals surface area contributed by atoms with Gasteiger partial charge in [-0.3, -0.25) is 0 Å². The van der Waals surface area contributed by atoms with Gasteiger partial charge in [0.2, 0.25) is 0 Å². The van der Waals surface area contributed by atoms with Crippen LogP contribution in [-0.2, 0) is 13.0 Å². The number of halogens is 1. The Balaban J connectivity index is 1.62. The second-order valence-electron chi connectivity index (χ2n) is 6.27. The number of aryl methyl sites for hydroxylation is 1. The summed E-state index contributed by atoms with van der Waals surface area (Å²) < 4.78 is 18.9. The van der Waals surface area contributed by atoms with Crippen LogP contribution in [0.4, 0.5) is 4.39 Å². The number of fused-ring (bicyclic) bond motifs is 1. The Morgan fingerprint density at radius 1 is 0.962 bits per heavy atom. The molecule has 2 heterocycles. The van der Waals surface area contributed by atoms with Crippen LogP contribution < -0.4 is 4.74 Å². The van der Waals surface area contributed by atoms with Crippen LogP contribution in [0.5, 0.6) is 5.88 Å². The summed E-state index contributed by atoms with van der Waals surface area (Å²) in [5.41, 5.74) is 4.82. The Bertz CT molecular complexity index is 1030. The number of ether oxygens (including phenoxy) is 1. The molecule has 0 amide bonds. The fourth-order valence-electron chi connectivity index (χ4n) is 2.95. The smallest absolute Gasteiger partial charge is 0.258 e. The molecule has 2 aromatic carbocycles. The monoisotopic (exact) mass is 347 g/mol. The van der Waals surface area contributed by atoms with Crippen molar-refractivity contribution in [1.82, 2.24) is 15.2 Å². The van der Waals surface area contributed by atoms with Gasteiger partial charge in [-0.05, 0) is 36.2 Å². The van der Waals surface area contributed by atoms with E-state index in [1.165, 1.54) is 17.7 Å². The van der Waals surface area contributed by atoms with Gasteiger partial charge in [-0.1, -0.05) is 42.5 Å². The van der Waals surface area contributed by atoms with Crippen LogP contribution in [0.3, 0.4) is 0 Å². The first-order valence-electron chi connectivity index (χ1n) is 8.45. The van der Waals surface area contributed by atoms with Gasteiger partial charge in [0.05, 0.1) is 5.69 Å². The van der Waals surface area contributed by atoms with Gasteiger partial charge < -0.3 is 9.72 Å². The SMILES string of the molecule is Cc1cc2c(Cc3ccccc3)nnc(OCc3ccc(F)cc3)c2[nH]1. The third-order valence-corrected chi connectivity index (χ3v) is 4.24. The van der Waals surface area contributed by atoms with Gasteiger partial charge in [-0.2, -0.15) is 5.10 Å². The van der Waals surface area contributed by atoms with Crippen molar-refractivity contribution in [1.29, 1.82) is 0 Å². The Morgan fingerprint density at radius 3 is 2.50 bits per heavy atom. The van der Waals surface area contributed by atoms with E-state index in [0.29, 0.717) is 18.9 Å². The highest BCUT2D eigenvalue weighted by Gasteiger charge is 2.13. The summed E-state index contributed by atoms with van der Waals surface area (Å²) >= 11 is 0. The lowest BCUT2D eigenvalue weighted by molar-refractivity contribution is 0.293. The molecule has 0 spiro atoms. The zero-order chi connectivity index (χ0) is 17.9. The molecule has 0 fully saturated rings. The van der Waals surface area contributed by atoms with Crippen molar-refractivity contribution in [2.75, 3.05) is 0 Å². The molecule has 4 nitrogen and oxygen atoms in total. The van der Waals surface area contributed by atoms with Crippen LogP contribution in [0.2, 0.25) is 0 Å². The van der Waals surface area contributed by atoms with Crippen molar-refractivity contribution < 1.29 is 9.13 Å². The molecule has 26 heavy (non-hydrogen) atoms. The maximum absolute atomic E-state index is 13.0. The van der Waals surface area contributed by atoms with Crippen LogP contribution in [0.25, 0.3) is 10.9 Å². The molecule has 0 atom stereocenters. The van der Waals surface area contributed by atoms with Gasteiger partial charge in [0.25, 0.3) is 5.88 Å². The molecule has 130 valence electrons. The lowest BCUT2D eigenvalue weighted by Crippen LogP contribution is -2.02. The molecule has 0 saturated heterocycles. The number of nitrogens with zero attached hydrogens (tertiary/aromatic N) is 2. The number of H-pyrrole nitrogens is 1. The molecule has 4 aromatic rings. The van der Waals surface area contributed by atoms with Crippen molar-refractivity contribution in [3.63, 3.8) is 0 Å². The van der Waals surface area contributed by atoms with Crippen molar-refractivity contribution in [2.24, 2.45) is 0 Å². The molecular formula is C21H18FN3O. The van der Waals surface area contributed by atoms with E-state index in [1.54, 1.807) is 12.1 Å². The summed E-state index contributed by atoms with van der Waals surface area (Å²) in [6.07, 6.45) is 0.708. The van der Waals surface area contributed by atoms with Crippen molar-refractivity contribution in [2.45, 2.75) is 20.0 Å². The summed E-state index contributed by atoms with van der Waals surface area (Å²) in [5, 5.41) is 9.67. The number of aromatic amines is 1. The van der Waals surface area contributed by atoms with Crippen LogP contribution in [0.15, 0.2) is 60.7 Å². The van der Waals surface area contributed by atoms with Gasteiger partial charge in [0.15, 0.2) is 0 Å². The number of aromatic nitrogens is 3. The van der Waals surface area contributed by atoms with Crippen molar-refractivity contribution in [3.05, 3.63) is 89.0 Å². The lowest BCUT2D eigenvalue weighted by Gasteiger charge is -2.08. The first-order chi connectivity index (χ1) is 12.7. The standard InChI is InChI=1S/C21H18FN3O/c1-14-11-18-19(12-15-5-3-2-4-6-15)24-25-21(20(18)23-14)26-13-16-7-9-17(22)10-8-16/h2-11,23H,12-13H2,1H3. The second kappa shape index (κ2) is 6.96. The van der Waals surface area contributed by atoms with Gasteiger partial charge in [0, 0.05) is 17.5 Å². The fourth-order valence-corrected chi connectivity index (χ4v) is 2.95. The maximum Gasteiger partial charge on any atom is 0.258 e. The van der Waals surface area contributed by atoms with E-state index in [1.807, 2.05) is 25.1 Å². The molecule has 0 bridgehead atoms. The first-order valence-corrected chi connectivity index (χ1v) is 8.45. The Morgan fingerprint density at radius 2 is 1.73 bits per heavy atom. The third-order valence-electron chi connectivity index (χ3n) is 4.24. The molecular weight excluding hydrogens is 329 g/mol. The second-order valence-corrected chi connectivity index (χ2v) is 6.27. The van der Waals surface area contributed by atoms with E-state index in [9.17, 15) is 4.39 Å². The average Bonchev–Trinajstić information content (AvgIpc) is 3.05. The predicted molar refractivity (Wildman–Crippen MR) is 98.6 cm³/mol. The summed E-state index contributed by atoms with van der Waals surface area (Å²) in [6, 6.07) is 18.5. The topological polar surface area (TPSA) is 50.8 Å². The minimum atomic E-state index is -0.263. The Kier molecular flexibility index (Phi) is 4.35.